The van der Waals surface area contributed by atoms with Crippen LogP contribution in [0.4, 0.5) is 0 Å². The van der Waals surface area contributed by atoms with Crippen molar-refractivity contribution in [3.8, 4) is 11.5 Å². The molecular formula is C30H38N2O6. The Balaban J connectivity index is 1.70. The maximum absolute atomic E-state index is 13.4. The fourth-order valence-electron chi connectivity index (χ4n) is 4.82. The minimum atomic E-state index is -0.701. The highest BCUT2D eigenvalue weighted by Gasteiger charge is 2.46. The number of likely N-dealkylation sites (tertiary alicyclic amines) is 1. The maximum Gasteiger partial charge on any atom is 0.295 e. The normalized spacial score (nSPS) is 19.7. The van der Waals surface area contributed by atoms with Crippen molar-refractivity contribution in [1.29, 1.82) is 0 Å². The molecule has 0 aliphatic carbocycles. The van der Waals surface area contributed by atoms with Crippen molar-refractivity contribution in [2.45, 2.75) is 39.7 Å². The zero-order valence-electron chi connectivity index (χ0n) is 22.6. The fourth-order valence-corrected chi connectivity index (χ4v) is 4.82. The second-order valence-corrected chi connectivity index (χ2v) is 9.69. The molecule has 1 N–H and O–H groups in total. The Morgan fingerprint density at radius 3 is 2.32 bits per heavy atom. The molecule has 8 nitrogen and oxygen atoms in total. The minimum absolute atomic E-state index is 0.0980. The molecule has 2 aromatic carbocycles. The summed E-state index contributed by atoms with van der Waals surface area (Å²) >= 11 is 0. The van der Waals surface area contributed by atoms with Gasteiger partial charge in [0.1, 0.15) is 17.3 Å². The van der Waals surface area contributed by atoms with Crippen molar-refractivity contribution in [3.63, 3.8) is 0 Å². The number of rotatable bonds is 11. The first-order valence-corrected chi connectivity index (χ1v) is 13.5. The molecule has 204 valence electrons. The molecule has 2 aliphatic rings. The molecule has 1 atom stereocenters. The number of ketones is 1. The van der Waals surface area contributed by atoms with E-state index in [1.54, 1.807) is 23.1 Å². The van der Waals surface area contributed by atoms with E-state index in [1.807, 2.05) is 45.0 Å². The van der Waals surface area contributed by atoms with Gasteiger partial charge in [-0.1, -0.05) is 26.0 Å². The number of aliphatic hydroxyl groups is 1. The summed E-state index contributed by atoms with van der Waals surface area (Å²) < 4.78 is 16.9. The average molecular weight is 523 g/mol. The van der Waals surface area contributed by atoms with Gasteiger partial charge in [-0.2, -0.15) is 0 Å². The summed E-state index contributed by atoms with van der Waals surface area (Å²) in [6.45, 7) is 11.0. The van der Waals surface area contributed by atoms with Gasteiger partial charge >= 0.3 is 0 Å². The first-order chi connectivity index (χ1) is 18.4. The van der Waals surface area contributed by atoms with Crippen LogP contribution in [0.5, 0.6) is 11.5 Å². The Hall–Kier alpha value is -3.36. The van der Waals surface area contributed by atoms with Gasteiger partial charge < -0.3 is 24.2 Å². The molecule has 2 fully saturated rings. The number of hydrogen-bond acceptors (Lipinski definition) is 7. The molecule has 2 aliphatic heterocycles. The van der Waals surface area contributed by atoms with Gasteiger partial charge in [-0.3, -0.25) is 14.5 Å². The predicted octanol–water partition coefficient (Wildman–Crippen LogP) is 4.33. The molecule has 1 amide bonds. The molecule has 2 heterocycles. The van der Waals surface area contributed by atoms with Crippen LogP contribution in [0.1, 0.15) is 49.4 Å². The van der Waals surface area contributed by atoms with Gasteiger partial charge in [-0.25, -0.2) is 0 Å². The predicted molar refractivity (Wildman–Crippen MR) is 145 cm³/mol. The van der Waals surface area contributed by atoms with E-state index >= 15 is 0 Å². The van der Waals surface area contributed by atoms with Crippen molar-refractivity contribution < 1.29 is 28.9 Å². The fraction of sp³-hybridized carbons (Fsp3) is 0.467. The van der Waals surface area contributed by atoms with Crippen LogP contribution in [0.15, 0.2) is 48.0 Å². The number of carbonyl (C=O) groups excluding carboxylic acids is 2. The van der Waals surface area contributed by atoms with E-state index in [0.717, 1.165) is 48.6 Å². The molecule has 0 aromatic heterocycles. The number of aryl methyl sites for hydroxylation is 1. The van der Waals surface area contributed by atoms with E-state index in [2.05, 4.69) is 4.90 Å². The van der Waals surface area contributed by atoms with Crippen molar-refractivity contribution in [1.82, 2.24) is 9.80 Å². The number of benzene rings is 2. The van der Waals surface area contributed by atoms with Crippen molar-refractivity contribution in [3.05, 3.63) is 64.7 Å². The van der Waals surface area contributed by atoms with E-state index in [4.69, 9.17) is 14.2 Å². The monoisotopic (exact) mass is 522 g/mol. The summed E-state index contributed by atoms with van der Waals surface area (Å²) in [5.41, 5.74) is 2.17. The van der Waals surface area contributed by atoms with Gasteiger partial charge in [0.2, 0.25) is 0 Å². The highest BCUT2D eigenvalue weighted by molar-refractivity contribution is 6.46. The van der Waals surface area contributed by atoms with Gasteiger partial charge in [-0.15, -0.1) is 0 Å². The van der Waals surface area contributed by atoms with Gasteiger partial charge in [0, 0.05) is 31.7 Å². The summed E-state index contributed by atoms with van der Waals surface area (Å²) in [6.07, 6.45) is 1.78. The van der Waals surface area contributed by atoms with Gasteiger partial charge in [0.25, 0.3) is 11.7 Å². The van der Waals surface area contributed by atoms with Crippen LogP contribution < -0.4 is 9.47 Å². The second-order valence-electron chi connectivity index (χ2n) is 9.69. The van der Waals surface area contributed by atoms with Crippen LogP contribution >= 0.6 is 0 Å². The van der Waals surface area contributed by atoms with Gasteiger partial charge in [-0.05, 0) is 61.2 Å². The zero-order valence-corrected chi connectivity index (χ0v) is 22.6. The van der Waals surface area contributed by atoms with Crippen LogP contribution in [0, 0.1) is 6.92 Å². The van der Waals surface area contributed by atoms with E-state index < -0.39 is 17.7 Å². The molecular weight excluding hydrogens is 484 g/mol. The van der Waals surface area contributed by atoms with E-state index in [9.17, 15) is 14.7 Å². The van der Waals surface area contributed by atoms with E-state index in [-0.39, 0.29) is 11.3 Å². The van der Waals surface area contributed by atoms with Crippen LogP contribution in [-0.2, 0) is 14.3 Å². The topological polar surface area (TPSA) is 88.5 Å². The number of nitrogens with zero attached hydrogens (tertiary/aromatic N) is 2. The Morgan fingerprint density at radius 2 is 1.66 bits per heavy atom. The SMILES string of the molecule is CCCOc1ccc(C2C(=C(O)c3ccc(OCCC)c(C)c3)C(=O)C(=O)N2CCN2CCOCC2)cc1. The number of amides is 1. The van der Waals surface area contributed by atoms with Gasteiger partial charge in [0.15, 0.2) is 0 Å². The smallest absolute Gasteiger partial charge is 0.295 e. The van der Waals surface area contributed by atoms with Crippen molar-refractivity contribution >= 4 is 17.4 Å². The number of Topliss-reactive ketones (excluding diaryl/α,β-unsaturated/α-hetero) is 1. The Kier molecular flexibility index (Phi) is 9.42. The van der Waals surface area contributed by atoms with Crippen LogP contribution in [-0.4, -0.2) is 79.2 Å². The van der Waals surface area contributed by atoms with Crippen molar-refractivity contribution in [2.24, 2.45) is 0 Å². The van der Waals surface area contributed by atoms with Crippen LogP contribution in [0.2, 0.25) is 0 Å². The van der Waals surface area contributed by atoms with Crippen LogP contribution in [0.3, 0.4) is 0 Å². The lowest BCUT2D eigenvalue weighted by molar-refractivity contribution is -0.140. The third-order valence-corrected chi connectivity index (χ3v) is 6.88. The number of hydrogen-bond donors (Lipinski definition) is 1. The number of carbonyl (C=O) groups is 2. The summed E-state index contributed by atoms with van der Waals surface area (Å²) in [6, 6.07) is 12.0. The lowest BCUT2D eigenvalue weighted by Gasteiger charge is -2.31. The molecule has 2 saturated heterocycles. The standard InChI is InChI=1S/C30H38N2O6/c1-4-16-37-24-9-6-22(7-10-24)27-26(28(33)23-8-11-25(21(3)20-23)38-17-5-2)29(34)30(35)32(27)13-12-31-14-18-36-19-15-31/h6-11,20,27,33H,4-5,12-19H2,1-3H3. The number of aliphatic hydroxyl groups excluding tert-OH is 1. The Morgan fingerprint density at radius 1 is 0.974 bits per heavy atom. The largest absolute Gasteiger partial charge is 0.507 e. The summed E-state index contributed by atoms with van der Waals surface area (Å²) in [4.78, 5) is 30.5. The van der Waals surface area contributed by atoms with E-state index in [1.165, 1.54) is 0 Å². The third kappa shape index (κ3) is 6.19. The summed E-state index contributed by atoms with van der Waals surface area (Å²) in [5, 5.41) is 11.4. The van der Waals surface area contributed by atoms with E-state index in [0.29, 0.717) is 45.1 Å². The van der Waals surface area contributed by atoms with Crippen LogP contribution in [0.25, 0.3) is 5.76 Å². The lowest BCUT2D eigenvalue weighted by atomic mass is 9.94. The molecule has 1 unspecified atom stereocenters. The second kappa shape index (κ2) is 12.9. The Labute approximate surface area is 224 Å². The molecule has 0 spiro atoms. The highest BCUT2D eigenvalue weighted by Crippen LogP contribution is 2.40. The lowest BCUT2D eigenvalue weighted by Crippen LogP contribution is -2.42. The number of ether oxygens (including phenoxy) is 3. The molecule has 38 heavy (non-hydrogen) atoms. The quantitative estimate of drug-likeness (QED) is 0.267. The molecule has 4 rings (SSSR count). The Bertz CT molecular complexity index is 1150. The third-order valence-electron chi connectivity index (χ3n) is 6.88. The average Bonchev–Trinajstić information content (AvgIpc) is 3.19. The molecule has 2 aromatic rings. The summed E-state index contributed by atoms with van der Waals surface area (Å²) in [5.74, 6) is -0.00750. The maximum atomic E-state index is 13.4. The first kappa shape index (κ1) is 27.7. The van der Waals surface area contributed by atoms with Gasteiger partial charge in [0.05, 0.1) is 38.0 Å². The molecule has 8 heteroatoms. The van der Waals surface area contributed by atoms with Crippen molar-refractivity contribution in [2.75, 3.05) is 52.6 Å². The molecule has 0 saturated carbocycles. The zero-order chi connectivity index (χ0) is 27.1. The summed E-state index contributed by atoms with van der Waals surface area (Å²) in [7, 11) is 0. The molecule has 0 bridgehead atoms. The first-order valence-electron chi connectivity index (χ1n) is 13.5. The minimum Gasteiger partial charge on any atom is -0.507 e. The number of morpholine rings is 1. The molecule has 0 radical (unpaired) electrons. The highest BCUT2D eigenvalue weighted by atomic mass is 16.5.